The van der Waals surface area contributed by atoms with Gasteiger partial charge in [-0.05, 0) is 43.2 Å². The molecule has 6 nitrogen and oxygen atoms in total. The summed E-state index contributed by atoms with van der Waals surface area (Å²) >= 11 is 0. The summed E-state index contributed by atoms with van der Waals surface area (Å²) in [6.07, 6.45) is 5.50. The van der Waals surface area contributed by atoms with Crippen molar-refractivity contribution in [3.05, 3.63) is 54.5 Å². The van der Waals surface area contributed by atoms with Crippen LogP contribution in [0.3, 0.4) is 0 Å². The van der Waals surface area contributed by atoms with Crippen molar-refractivity contribution < 1.29 is 14.3 Å². The third kappa shape index (κ3) is 3.89. The van der Waals surface area contributed by atoms with E-state index >= 15 is 0 Å². The number of fused-ring (bicyclic) bond motifs is 1. The van der Waals surface area contributed by atoms with Crippen molar-refractivity contribution in [3.8, 4) is 11.5 Å². The first-order chi connectivity index (χ1) is 13.2. The summed E-state index contributed by atoms with van der Waals surface area (Å²) in [5, 5.41) is 1.01. The fourth-order valence-electron chi connectivity index (χ4n) is 3.55. The summed E-state index contributed by atoms with van der Waals surface area (Å²) in [4.78, 5) is 22.1. The molecule has 0 bridgehead atoms. The molecule has 1 aliphatic heterocycles. The number of pyridine rings is 1. The summed E-state index contributed by atoms with van der Waals surface area (Å²) in [6.45, 7) is 2.10. The standard InChI is InChI=1S/C21H23N3O3/c1-26-18-5-4-16-11-20(23-19(16)12-18)21(25)24-10-2-3-15(13-24)14-27-17-6-8-22-9-7-17/h4-9,11-12,15,23H,2-3,10,13-14H2,1H3. The Hall–Kier alpha value is -3.02. The molecule has 1 fully saturated rings. The lowest BCUT2D eigenvalue weighted by Crippen LogP contribution is -2.41. The lowest BCUT2D eigenvalue weighted by atomic mass is 9.98. The molecule has 27 heavy (non-hydrogen) atoms. The van der Waals surface area contributed by atoms with E-state index in [9.17, 15) is 4.79 Å². The van der Waals surface area contributed by atoms with Crippen molar-refractivity contribution in [3.63, 3.8) is 0 Å². The summed E-state index contributed by atoms with van der Waals surface area (Å²) in [7, 11) is 1.64. The van der Waals surface area contributed by atoms with Gasteiger partial charge in [-0.2, -0.15) is 0 Å². The van der Waals surface area contributed by atoms with Gasteiger partial charge in [0.05, 0.1) is 13.7 Å². The molecule has 0 spiro atoms. The number of rotatable bonds is 5. The molecular formula is C21H23N3O3. The molecule has 3 aromatic rings. The van der Waals surface area contributed by atoms with E-state index in [1.165, 1.54) is 0 Å². The number of nitrogens with one attached hydrogen (secondary N) is 1. The van der Waals surface area contributed by atoms with Crippen molar-refractivity contribution in [1.82, 2.24) is 14.9 Å². The molecule has 1 amide bonds. The average molecular weight is 365 g/mol. The molecular weight excluding hydrogens is 342 g/mol. The van der Waals surface area contributed by atoms with Gasteiger partial charge in [0.15, 0.2) is 0 Å². The van der Waals surface area contributed by atoms with Crippen molar-refractivity contribution in [2.24, 2.45) is 5.92 Å². The Morgan fingerprint density at radius 3 is 2.89 bits per heavy atom. The maximum Gasteiger partial charge on any atom is 0.270 e. The zero-order valence-electron chi connectivity index (χ0n) is 15.4. The number of carbonyl (C=O) groups excluding carboxylic acids is 1. The first-order valence-electron chi connectivity index (χ1n) is 9.22. The Kier molecular flexibility index (Phi) is 4.96. The number of aromatic amines is 1. The molecule has 140 valence electrons. The number of hydrogen-bond acceptors (Lipinski definition) is 4. The molecule has 6 heteroatoms. The van der Waals surface area contributed by atoms with E-state index in [4.69, 9.17) is 9.47 Å². The van der Waals surface area contributed by atoms with E-state index in [-0.39, 0.29) is 5.91 Å². The van der Waals surface area contributed by atoms with E-state index < -0.39 is 0 Å². The highest BCUT2D eigenvalue weighted by Crippen LogP contribution is 2.24. The van der Waals surface area contributed by atoms with E-state index in [2.05, 4.69) is 9.97 Å². The highest BCUT2D eigenvalue weighted by Gasteiger charge is 2.26. The van der Waals surface area contributed by atoms with Crippen LogP contribution in [0.2, 0.25) is 0 Å². The molecule has 1 saturated heterocycles. The minimum Gasteiger partial charge on any atom is -0.497 e. The number of benzene rings is 1. The van der Waals surface area contributed by atoms with Crippen LogP contribution < -0.4 is 9.47 Å². The predicted molar refractivity (Wildman–Crippen MR) is 103 cm³/mol. The highest BCUT2D eigenvalue weighted by atomic mass is 16.5. The third-order valence-electron chi connectivity index (χ3n) is 5.00. The number of amides is 1. The van der Waals surface area contributed by atoms with Gasteiger partial charge in [0, 0.05) is 48.4 Å². The quantitative estimate of drug-likeness (QED) is 0.751. The Balaban J connectivity index is 1.42. The SMILES string of the molecule is COc1ccc2cc(C(=O)N3CCCC(COc4ccncc4)C3)[nH]c2c1. The fourth-order valence-corrected chi connectivity index (χ4v) is 3.55. The van der Waals surface area contributed by atoms with Gasteiger partial charge in [-0.25, -0.2) is 0 Å². The van der Waals surface area contributed by atoms with E-state index in [1.54, 1.807) is 19.5 Å². The molecule has 1 aromatic carbocycles. The number of ether oxygens (including phenoxy) is 2. The summed E-state index contributed by atoms with van der Waals surface area (Å²) in [6, 6.07) is 11.4. The number of methoxy groups -OCH3 is 1. The zero-order chi connectivity index (χ0) is 18.6. The Bertz CT molecular complexity index is 923. The minimum absolute atomic E-state index is 0.0405. The molecule has 0 aliphatic carbocycles. The van der Waals surface area contributed by atoms with Gasteiger partial charge in [0.25, 0.3) is 5.91 Å². The van der Waals surface area contributed by atoms with E-state index in [0.717, 1.165) is 41.8 Å². The molecule has 1 unspecified atom stereocenters. The number of nitrogens with zero attached hydrogens (tertiary/aromatic N) is 2. The Morgan fingerprint density at radius 2 is 2.07 bits per heavy atom. The summed E-state index contributed by atoms with van der Waals surface area (Å²) in [5.74, 6) is 1.96. The molecule has 1 atom stereocenters. The number of likely N-dealkylation sites (tertiary alicyclic amines) is 1. The van der Waals surface area contributed by atoms with Crippen LogP contribution in [0.15, 0.2) is 48.8 Å². The highest BCUT2D eigenvalue weighted by molar-refractivity contribution is 5.98. The van der Waals surface area contributed by atoms with Crippen LogP contribution in [-0.2, 0) is 0 Å². The van der Waals surface area contributed by atoms with Crippen LogP contribution in [0.25, 0.3) is 10.9 Å². The number of hydrogen-bond donors (Lipinski definition) is 1. The van der Waals surface area contributed by atoms with Gasteiger partial charge in [-0.3, -0.25) is 9.78 Å². The largest absolute Gasteiger partial charge is 0.497 e. The van der Waals surface area contributed by atoms with Crippen LogP contribution in [0.1, 0.15) is 23.3 Å². The molecule has 0 radical (unpaired) electrons. The lowest BCUT2D eigenvalue weighted by Gasteiger charge is -2.32. The number of carbonyl (C=O) groups is 1. The predicted octanol–water partition coefficient (Wildman–Crippen LogP) is 3.50. The second kappa shape index (κ2) is 7.70. The maximum absolute atomic E-state index is 13.0. The van der Waals surface area contributed by atoms with E-state index in [1.807, 2.05) is 41.3 Å². The molecule has 1 N–H and O–H groups in total. The van der Waals surface area contributed by atoms with Gasteiger partial charge in [0.2, 0.25) is 0 Å². The Labute approximate surface area is 158 Å². The number of piperidine rings is 1. The molecule has 4 rings (SSSR count). The first-order valence-corrected chi connectivity index (χ1v) is 9.22. The van der Waals surface area contributed by atoms with Crippen LogP contribution in [0, 0.1) is 5.92 Å². The molecule has 1 aliphatic rings. The first kappa shape index (κ1) is 17.4. The van der Waals surface area contributed by atoms with Crippen molar-refractivity contribution in [1.29, 1.82) is 0 Å². The smallest absolute Gasteiger partial charge is 0.270 e. The third-order valence-corrected chi connectivity index (χ3v) is 5.00. The van der Waals surface area contributed by atoms with Crippen LogP contribution in [0.5, 0.6) is 11.5 Å². The molecule has 2 aromatic heterocycles. The van der Waals surface area contributed by atoms with Crippen molar-refractivity contribution in [2.75, 3.05) is 26.8 Å². The number of H-pyrrole nitrogens is 1. The van der Waals surface area contributed by atoms with Crippen LogP contribution in [0.4, 0.5) is 0 Å². The maximum atomic E-state index is 13.0. The normalized spacial score (nSPS) is 17.1. The average Bonchev–Trinajstić information content (AvgIpc) is 3.16. The van der Waals surface area contributed by atoms with Gasteiger partial charge < -0.3 is 19.4 Å². The topological polar surface area (TPSA) is 67.4 Å². The summed E-state index contributed by atoms with van der Waals surface area (Å²) < 4.78 is 11.1. The van der Waals surface area contributed by atoms with Crippen molar-refractivity contribution >= 4 is 16.8 Å². The van der Waals surface area contributed by atoms with Gasteiger partial charge in [0.1, 0.15) is 17.2 Å². The minimum atomic E-state index is 0.0405. The van der Waals surface area contributed by atoms with Crippen molar-refractivity contribution in [2.45, 2.75) is 12.8 Å². The summed E-state index contributed by atoms with van der Waals surface area (Å²) in [5.41, 5.74) is 1.53. The Morgan fingerprint density at radius 1 is 1.22 bits per heavy atom. The second-order valence-electron chi connectivity index (χ2n) is 6.89. The van der Waals surface area contributed by atoms with Crippen LogP contribution >= 0.6 is 0 Å². The number of aromatic nitrogens is 2. The zero-order valence-corrected chi connectivity index (χ0v) is 15.4. The van der Waals surface area contributed by atoms with Crippen LogP contribution in [-0.4, -0.2) is 47.6 Å². The molecule has 0 saturated carbocycles. The second-order valence-corrected chi connectivity index (χ2v) is 6.89. The molecule has 3 heterocycles. The monoisotopic (exact) mass is 365 g/mol. The fraction of sp³-hybridized carbons (Fsp3) is 0.333. The van der Waals surface area contributed by atoms with Gasteiger partial charge in [-0.1, -0.05) is 0 Å². The van der Waals surface area contributed by atoms with Gasteiger partial charge in [-0.15, -0.1) is 0 Å². The van der Waals surface area contributed by atoms with Gasteiger partial charge >= 0.3 is 0 Å². The lowest BCUT2D eigenvalue weighted by molar-refractivity contribution is 0.0628. The van der Waals surface area contributed by atoms with E-state index in [0.29, 0.717) is 24.8 Å².